The van der Waals surface area contributed by atoms with Crippen molar-refractivity contribution in [2.24, 2.45) is 5.73 Å². The third kappa shape index (κ3) is 3.89. The molecule has 84 valence electrons. The topological polar surface area (TPSA) is 26.0 Å². The second-order valence-electron chi connectivity index (χ2n) is 2.94. The molecule has 0 aromatic heterocycles. The Morgan fingerprint density at radius 1 is 0.733 bits per heavy atom. The Labute approximate surface area is 158 Å². The minimum atomic E-state index is 0.769. The maximum absolute atomic E-state index is 5.57. The molecular formula is C9H8I5N. The fourth-order valence-corrected chi connectivity index (χ4v) is 6.56. The average Bonchev–Trinajstić information content (AvgIpc) is 2.24. The minimum absolute atomic E-state index is 0.769. The monoisotopic (exact) mass is 765 g/mol. The fraction of sp³-hybridized carbons (Fsp3) is 0.333. The zero-order chi connectivity index (χ0) is 11.6. The first-order valence-corrected chi connectivity index (χ1v) is 9.60. The number of rotatable bonds is 3. The lowest BCUT2D eigenvalue weighted by Gasteiger charge is -2.13. The van der Waals surface area contributed by atoms with Gasteiger partial charge in [0.2, 0.25) is 0 Å². The summed E-state index contributed by atoms with van der Waals surface area (Å²) >= 11 is 12.2. The van der Waals surface area contributed by atoms with Gasteiger partial charge >= 0.3 is 0 Å². The van der Waals surface area contributed by atoms with Gasteiger partial charge in [-0.3, -0.25) is 0 Å². The van der Waals surface area contributed by atoms with Gasteiger partial charge in [-0.1, -0.05) is 0 Å². The van der Waals surface area contributed by atoms with Crippen LogP contribution in [0, 0.1) is 17.9 Å². The Hall–Kier alpha value is 2.83. The first-order chi connectivity index (χ1) is 7.00. The van der Waals surface area contributed by atoms with Crippen molar-refractivity contribution in [1.29, 1.82) is 0 Å². The first kappa shape index (κ1) is 15.9. The lowest BCUT2D eigenvalue weighted by molar-refractivity contribution is 0.824. The molecule has 1 aromatic carbocycles. The van der Waals surface area contributed by atoms with E-state index in [2.05, 4.69) is 113 Å². The van der Waals surface area contributed by atoms with Crippen LogP contribution < -0.4 is 5.73 Å². The highest BCUT2D eigenvalue weighted by Gasteiger charge is 2.16. The summed E-state index contributed by atoms with van der Waals surface area (Å²) < 4.78 is 6.93. The molecule has 6 heteroatoms. The van der Waals surface area contributed by atoms with Crippen molar-refractivity contribution in [3.63, 3.8) is 0 Å². The van der Waals surface area contributed by atoms with Gasteiger partial charge in [0, 0.05) is 17.9 Å². The molecule has 0 amide bonds. The molecule has 0 unspecified atom stereocenters. The van der Waals surface area contributed by atoms with Crippen LogP contribution in [0.3, 0.4) is 0 Å². The smallest absolute Gasteiger partial charge is 0.0419 e. The van der Waals surface area contributed by atoms with Crippen LogP contribution in [-0.2, 0) is 6.42 Å². The molecule has 0 aliphatic heterocycles. The zero-order valence-electron chi connectivity index (χ0n) is 7.59. The summed E-state index contributed by atoms with van der Waals surface area (Å²) in [6, 6.07) is 0. The highest BCUT2D eigenvalue weighted by molar-refractivity contribution is 14.1. The predicted molar refractivity (Wildman–Crippen MR) is 107 cm³/mol. The van der Waals surface area contributed by atoms with E-state index in [0.717, 1.165) is 19.4 Å². The van der Waals surface area contributed by atoms with Gasteiger partial charge in [-0.2, -0.15) is 0 Å². The van der Waals surface area contributed by atoms with Gasteiger partial charge < -0.3 is 5.73 Å². The summed E-state index contributed by atoms with van der Waals surface area (Å²) in [6.45, 7) is 0.769. The van der Waals surface area contributed by atoms with Crippen molar-refractivity contribution in [3.8, 4) is 0 Å². The molecule has 1 rings (SSSR count). The van der Waals surface area contributed by atoms with Gasteiger partial charge in [-0.15, -0.1) is 0 Å². The maximum Gasteiger partial charge on any atom is 0.0419 e. The Balaban J connectivity index is 3.26. The second-order valence-corrected chi connectivity index (χ2v) is 8.33. The lowest BCUT2D eigenvalue weighted by Crippen LogP contribution is -2.06. The standard InChI is InChI=1S/C9H8I5N/c10-5-4(2-1-3-15)6(11)8(13)9(14)7(5)12/h1-3,15H2. The molecule has 0 spiro atoms. The summed E-state index contributed by atoms with van der Waals surface area (Å²) in [5.74, 6) is 0. The van der Waals surface area contributed by atoms with Crippen molar-refractivity contribution in [2.45, 2.75) is 12.8 Å². The number of hydrogen-bond acceptors (Lipinski definition) is 1. The van der Waals surface area contributed by atoms with Crippen molar-refractivity contribution >= 4 is 113 Å². The molecule has 0 fully saturated rings. The van der Waals surface area contributed by atoms with Crippen LogP contribution in [-0.4, -0.2) is 6.54 Å². The molecular weight excluding hydrogens is 757 g/mol. The second kappa shape index (κ2) is 7.43. The van der Waals surface area contributed by atoms with Crippen LogP contribution in [0.25, 0.3) is 0 Å². The molecule has 0 heterocycles. The van der Waals surface area contributed by atoms with E-state index >= 15 is 0 Å². The Morgan fingerprint density at radius 3 is 1.53 bits per heavy atom. The van der Waals surface area contributed by atoms with Crippen LogP contribution in [0.4, 0.5) is 0 Å². The van der Waals surface area contributed by atoms with Gasteiger partial charge in [0.25, 0.3) is 0 Å². The van der Waals surface area contributed by atoms with E-state index in [4.69, 9.17) is 5.73 Å². The first-order valence-electron chi connectivity index (χ1n) is 4.21. The molecule has 0 radical (unpaired) electrons. The van der Waals surface area contributed by atoms with Crippen LogP contribution in [0.15, 0.2) is 0 Å². The van der Waals surface area contributed by atoms with Gasteiger partial charge in [0.15, 0.2) is 0 Å². The third-order valence-corrected chi connectivity index (χ3v) is 11.7. The molecule has 1 nitrogen and oxygen atoms in total. The summed E-state index contributed by atoms with van der Waals surface area (Å²) in [5, 5.41) is 0. The van der Waals surface area contributed by atoms with Gasteiger partial charge in [-0.05, 0) is 138 Å². The molecule has 0 atom stereocenters. The fourth-order valence-electron chi connectivity index (χ4n) is 1.15. The molecule has 2 N–H and O–H groups in total. The Morgan fingerprint density at radius 2 is 1.13 bits per heavy atom. The van der Waals surface area contributed by atoms with E-state index < -0.39 is 0 Å². The van der Waals surface area contributed by atoms with Crippen molar-refractivity contribution < 1.29 is 0 Å². The maximum atomic E-state index is 5.57. The lowest BCUT2D eigenvalue weighted by atomic mass is 10.1. The molecule has 0 aliphatic rings. The minimum Gasteiger partial charge on any atom is -0.330 e. The van der Waals surface area contributed by atoms with Gasteiger partial charge in [0.1, 0.15) is 0 Å². The molecule has 0 aliphatic carbocycles. The number of nitrogens with two attached hydrogens (primary N) is 1. The summed E-state index contributed by atoms with van der Waals surface area (Å²) in [7, 11) is 0. The zero-order valence-corrected chi connectivity index (χ0v) is 18.4. The quantitative estimate of drug-likeness (QED) is 0.272. The SMILES string of the molecule is NCCCc1c(I)c(I)c(I)c(I)c1I. The van der Waals surface area contributed by atoms with E-state index in [-0.39, 0.29) is 0 Å². The van der Waals surface area contributed by atoms with Gasteiger partial charge in [-0.25, -0.2) is 0 Å². The number of benzene rings is 1. The van der Waals surface area contributed by atoms with Crippen LogP contribution >= 0.6 is 113 Å². The average molecular weight is 765 g/mol. The van der Waals surface area contributed by atoms with E-state index in [1.54, 1.807) is 0 Å². The molecule has 0 saturated carbocycles. The predicted octanol–water partition coefficient (Wildman–Crippen LogP) is 4.60. The van der Waals surface area contributed by atoms with E-state index in [9.17, 15) is 0 Å². The molecule has 0 saturated heterocycles. The molecule has 0 bridgehead atoms. The highest BCUT2D eigenvalue weighted by atomic mass is 127. The van der Waals surface area contributed by atoms with Crippen LogP contribution in [0.5, 0.6) is 0 Å². The van der Waals surface area contributed by atoms with Crippen molar-refractivity contribution in [2.75, 3.05) is 6.54 Å². The number of hydrogen-bond donors (Lipinski definition) is 1. The Bertz CT molecular complexity index is 348. The molecule has 15 heavy (non-hydrogen) atoms. The van der Waals surface area contributed by atoms with Gasteiger partial charge in [0.05, 0.1) is 0 Å². The molecule has 1 aromatic rings. The van der Waals surface area contributed by atoms with Crippen LogP contribution in [0.2, 0.25) is 0 Å². The summed E-state index contributed by atoms with van der Waals surface area (Å²) in [4.78, 5) is 0. The normalized spacial score (nSPS) is 10.8. The third-order valence-electron chi connectivity index (χ3n) is 1.93. The van der Waals surface area contributed by atoms with E-state index in [1.165, 1.54) is 23.4 Å². The summed E-state index contributed by atoms with van der Waals surface area (Å²) in [6.07, 6.45) is 2.16. The van der Waals surface area contributed by atoms with Crippen molar-refractivity contribution in [1.82, 2.24) is 0 Å². The van der Waals surface area contributed by atoms with Crippen molar-refractivity contribution in [3.05, 3.63) is 23.4 Å². The number of halogens is 5. The van der Waals surface area contributed by atoms with Crippen LogP contribution in [0.1, 0.15) is 12.0 Å². The largest absolute Gasteiger partial charge is 0.330 e. The van der Waals surface area contributed by atoms with E-state index in [0.29, 0.717) is 0 Å². The van der Waals surface area contributed by atoms with E-state index in [1.807, 2.05) is 0 Å². The summed E-state index contributed by atoms with van der Waals surface area (Å²) in [5.41, 5.74) is 7.04. The highest BCUT2D eigenvalue weighted by Crippen LogP contribution is 2.34. The Kier molecular flexibility index (Phi) is 7.87.